The summed E-state index contributed by atoms with van der Waals surface area (Å²) in [5, 5.41) is 2.93. The number of hydrogen-bond donors (Lipinski definition) is 1. The summed E-state index contributed by atoms with van der Waals surface area (Å²) in [6.07, 6.45) is 1.18. The van der Waals surface area contributed by atoms with Crippen molar-refractivity contribution in [2.75, 3.05) is 54.0 Å². The Hall–Kier alpha value is -2.28. The smallest absolute Gasteiger partial charge is 0.225 e. The Morgan fingerprint density at radius 3 is 2.62 bits per heavy atom. The average molecular weight is 363 g/mol. The number of nitrogens with zero attached hydrogens (tertiary/aromatic N) is 2. The van der Waals surface area contributed by atoms with Crippen molar-refractivity contribution in [3.05, 3.63) is 24.3 Å². The number of methoxy groups -OCH3 is 1. The van der Waals surface area contributed by atoms with Crippen LogP contribution in [0.3, 0.4) is 0 Å². The molecule has 1 aromatic carbocycles. The molecule has 2 rings (SSSR count). The zero-order valence-electron chi connectivity index (χ0n) is 15.9. The van der Waals surface area contributed by atoms with Crippen molar-refractivity contribution in [3.8, 4) is 11.5 Å². The van der Waals surface area contributed by atoms with Gasteiger partial charge in [-0.3, -0.25) is 9.59 Å². The summed E-state index contributed by atoms with van der Waals surface area (Å²) in [5.41, 5.74) is 0. The molecule has 7 heteroatoms. The van der Waals surface area contributed by atoms with Crippen molar-refractivity contribution >= 4 is 11.8 Å². The lowest BCUT2D eigenvalue weighted by Crippen LogP contribution is -2.35. The lowest BCUT2D eigenvalue weighted by atomic mass is 10.1. The van der Waals surface area contributed by atoms with Crippen molar-refractivity contribution in [2.45, 2.75) is 12.8 Å². The van der Waals surface area contributed by atoms with Crippen LogP contribution >= 0.6 is 0 Å². The second-order valence-corrected chi connectivity index (χ2v) is 6.71. The molecule has 1 aromatic rings. The Morgan fingerprint density at radius 2 is 1.96 bits per heavy atom. The Kier molecular flexibility index (Phi) is 7.72. The van der Waals surface area contributed by atoms with Crippen molar-refractivity contribution < 1.29 is 19.1 Å². The SMILES string of the molecule is COc1ccc(OCCN2CC(C(=O)NCCCN(C)C)CC2=O)cc1. The maximum Gasteiger partial charge on any atom is 0.225 e. The van der Waals surface area contributed by atoms with Gasteiger partial charge in [0.05, 0.1) is 19.6 Å². The van der Waals surface area contributed by atoms with Crippen LogP contribution < -0.4 is 14.8 Å². The first-order valence-electron chi connectivity index (χ1n) is 8.96. The molecule has 1 atom stereocenters. The summed E-state index contributed by atoms with van der Waals surface area (Å²) in [5.74, 6) is 1.22. The lowest BCUT2D eigenvalue weighted by Gasteiger charge is -2.17. The molecular formula is C19H29N3O4. The third-order valence-electron chi connectivity index (χ3n) is 4.36. The molecule has 0 saturated carbocycles. The van der Waals surface area contributed by atoms with Crippen LogP contribution in [0.25, 0.3) is 0 Å². The first-order chi connectivity index (χ1) is 12.5. The summed E-state index contributed by atoms with van der Waals surface area (Å²) in [6.45, 7) is 2.91. The van der Waals surface area contributed by atoms with Crippen LogP contribution in [0.4, 0.5) is 0 Å². The Morgan fingerprint density at radius 1 is 1.27 bits per heavy atom. The molecule has 1 N–H and O–H groups in total. The zero-order chi connectivity index (χ0) is 18.9. The minimum atomic E-state index is -0.261. The van der Waals surface area contributed by atoms with Gasteiger partial charge in [0.2, 0.25) is 11.8 Å². The van der Waals surface area contributed by atoms with E-state index in [9.17, 15) is 9.59 Å². The summed E-state index contributed by atoms with van der Waals surface area (Å²) in [6, 6.07) is 7.31. The molecular weight excluding hydrogens is 334 g/mol. The molecule has 1 heterocycles. The van der Waals surface area contributed by atoms with Crippen molar-refractivity contribution in [3.63, 3.8) is 0 Å². The number of likely N-dealkylation sites (tertiary alicyclic amines) is 1. The van der Waals surface area contributed by atoms with E-state index in [-0.39, 0.29) is 24.2 Å². The Balaban J connectivity index is 1.68. The zero-order valence-corrected chi connectivity index (χ0v) is 15.9. The molecule has 0 aromatic heterocycles. The maximum atomic E-state index is 12.2. The molecule has 1 fully saturated rings. The van der Waals surface area contributed by atoms with Gasteiger partial charge in [0.15, 0.2) is 0 Å². The summed E-state index contributed by atoms with van der Waals surface area (Å²) in [7, 11) is 5.62. The first kappa shape index (κ1) is 20.0. The predicted octanol–water partition coefficient (Wildman–Crippen LogP) is 0.990. The third-order valence-corrected chi connectivity index (χ3v) is 4.36. The topological polar surface area (TPSA) is 71.1 Å². The highest BCUT2D eigenvalue weighted by Crippen LogP contribution is 2.19. The number of carbonyl (C=O) groups is 2. The van der Waals surface area contributed by atoms with E-state index in [1.165, 1.54) is 0 Å². The summed E-state index contributed by atoms with van der Waals surface area (Å²) < 4.78 is 10.8. The molecule has 0 bridgehead atoms. The number of benzene rings is 1. The minimum Gasteiger partial charge on any atom is -0.497 e. The van der Waals surface area contributed by atoms with Gasteiger partial charge in [-0.15, -0.1) is 0 Å². The molecule has 26 heavy (non-hydrogen) atoms. The van der Waals surface area contributed by atoms with E-state index in [1.54, 1.807) is 12.0 Å². The first-order valence-corrected chi connectivity index (χ1v) is 8.96. The van der Waals surface area contributed by atoms with Crippen molar-refractivity contribution in [1.82, 2.24) is 15.1 Å². The molecule has 2 amide bonds. The van der Waals surface area contributed by atoms with Crippen LogP contribution in [0, 0.1) is 5.92 Å². The molecule has 144 valence electrons. The van der Waals surface area contributed by atoms with Gasteiger partial charge in [-0.25, -0.2) is 0 Å². The fourth-order valence-electron chi connectivity index (χ4n) is 2.86. The maximum absolute atomic E-state index is 12.2. The van der Waals surface area contributed by atoms with Crippen LogP contribution in [-0.4, -0.2) is 75.6 Å². The van der Waals surface area contributed by atoms with Gasteiger partial charge in [-0.05, 0) is 51.3 Å². The summed E-state index contributed by atoms with van der Waals surface area (Å²) in [4.78, 5) is 28.1. The predicted molar refractivity (Wildman–Crippen MR) is 99.4 cm³/mol. The number of rotatable bonds is 10. The lowest BCUT2D eigenvalue weighted by molar-refractivity contribution is -0.129. The van der Waals surface area contributed by atoms with E-state index >= 15 is 0 Å². The number of carbonyl (C=O) groups excluding carboxylic acids is 2. The van der Waals surface area contributed by atoms with Gasteiger partial charge in [-0.1, -0.05) is 0 Å². The van der Waals surface area contributed by atoms with Gasteiger partial charge in [0.1, 0.15) is 18.1 Å². The van der Waals surface area contributed by atoms with Crippen LogP contribution in [0.2, 0.25) is 0 Å². The molecule has 0 spiro atoms. The largest absolute Gasteiger partial charge is 0.497 e. The van der Waals surface area contributed by atoms with E-state index in [0.717, 1.165) is 24.5 Å². The van der Waals surface area contributed by atoms with Crippen molar-refractivity contribution in [1.29, 1.82) is 0 Å². The average Bonchev–Trinajstić information content (AvgIpc) is 3.00. The van der Waals surface area contributed by atoms with Crippen LogP contribution in [0.1, 0.15) is 12.8 Å². The highest BCUT2D eigenvalue weighted by atomic mass is 16.5. The standard InChI is InChI=1S/C19H29N3O4/c1-21(2)10-4-9-20-19(24)15-13-18(23)22(14-15)11-12-26-17-7-5-16(25-3)6-8-17/h5-8,15H,4,9-14H2,1-3H3,(H,20,24). The monoisotopic (exact) mass is 363 g/mol. The quantitative estimate of drug-likeness (QED) is 0.628. The van der Waals surface area contributed by atoms with Gasteiger partial charge in [-0.2, -0.15) is 0 Å². The molecule has 1 aliphatic rings. The Bertz CT molecular complexity index is 589. The minimum absolute atomic E-state index is 0.0109. The summed E-state index contributed by atoms with van der Waals surface area (Å²) >= 11 is 0. The fourth-order valence-corrected chi connectivity index (χ4v) is 2.86. The number of nitrogens with one attached hydrogen (secondary N) is 1. The third kappa shape index (κ3) is 6.22. The van der Waals surface area contributed by atoms with Gasteiger partial charge >= 0.3 is 0 Å². The number of amides is 2. The second-order valence-electron chi connectivity index (χ2n) is 6.71. The van der Waals surface area contributed by atoms with E-state index < -0.39 is 0 Å². The van der Waals surface area contributed by atoms with E-state index in [0.29, 0.717) is 26.2 Å². The molecule has 0 aliphatic carbocycles. The van der Waals surface area contributed by atoms with E-state index in [2.05, 4.69) is 10.2 Å². The normalized spacial score (nSPS) is 16.8. The Labute approximate surface area is 155 Å². The fraction of sp³-hybridized carbons (Fsp3) is 0.579. The van der Waals surface area contributed by atoms with Crippen molar-refractivity contribution in [2.24, 2.45) is 5.92 Å². The number of ether oxygens (including phenoxy) is 2. The van der Waals surface area contributed by atoms with E-state index in [1.807, 2.05) is 38.4 Å². The van der Waals surface area contributed by atoms with Gasteiger partial charge in [0, 0.05) is 19.5 Å². The molecule has 7 nitrogen and oxygen atoms in total. The highest BCUT2D eigenvalue weighted by molar-refractivity contribution is 5.89. The van der Waals surface area contributed by atoms with Crippen LogP contribution in [0.15, 0.2) is 24.3 Å². The van der Waals surface area contributed by atoms with Crippen LogP contribution in [0.5, 0.6) is 11.5 Å². The molecule has 1 saturated heterocycles. The molecule has 1 aliphatic heterocycles. The van der Waals surface area contributed by atoms with Gasteiger partial charge < -0.3 is 24.6 Å². The molecule has 0 radical (unpaired) electrons. The van der Waals surface area contributed by atoms with Crippen LogP contribution in [-0.2, 0) is 9.59 Å². The van der Waals surface area contributed by atoms with E-state index in [4.69, 9.17) is 9.47 Å². The number of hydrogen-bond acceptors (Lipinski definition) is 5. The second kappa shape index (κ2) is 10.0. The van der Waals surface area contributed by atoms with Gasteiger partial charge in [0.25, 0.3) is 0 Å². The molecule has 1 unspecified atom stereocenters. The highest BCUT2D eigenvalue weighted by Gasteiger charge is 2.33.